The number of thiophene rings is 1. The average Bonchev–Trinajstić information content (AvgIpc) is 3.46. The van der Waals surface area contributed by atoms with Gasteiger partial charge >= 0.3 is 0 Å². The van der Waals surface area contributed by atoms with Crippen LogP contribution in [-0.4, -0.2) is 47.7 Å². The number of rotatable bonds is 7. The molecule has 7 nitrogen and oxygen atoms in total. The molecule has 2 aliphatic heterocycles. The van der Waals surface area contributed by atoms with Crippen molar-refractivity contribution in [3.8, 4) is 10.6 Å². The summed E-state index contributed by atoms with van der Waals surface area (Å²) in [6, 6.07) is 6.42. The lowest BCUT2D eigenvalue weighted by Crippen LogP contribution is -2.22. The van der Waals surface area contributed by atoms with Crippen LogP contribution in [0.1, 0.15) is 45.3 Å². The second-order valence-electron chi connectivity index (χ2n) is 8.33. The molecule has 5 heterocycles. The number of anilines is 2. The second kappa shape index (κ2) is 9.54. The van der Waals surface area contributed by atoms with Gasteiger partial charge in [-0.15, -0.1) is 11.3 Å². The van der Waals surface area contributed by atoms with Crippen LogP contribution in [-0.2, 0) is 9.47 Å². The van der Waals surface area contributed by atoms with Crippen LogP contribution < -0.4 is 10.6 Å². The Hall–Kier alpha value is -2.16. The van der Waals surface area contributed by atoms with Crippen molar-refractivity contribution in [3.63, 3.8) is 0 Å². The van der Waals surface area contributed by atoms with Crippen LogP contribution in [0.3, 0.4) is 0 Å². The first-order chi connectivity index (χ1) is 15.3. The summed E-state index contributed by atoms with van der Waals surface area (Å²) < 4.78 is 14.8. The molecule has 0 radical (unpaired) electrons. The molecule has 0 amide bonds. The van der Waals surface area contributed by atoms with Gasteiger partial charge in [0.2, 0.25) is 0 Å². The molecule has 2 N–H and O–H groups in total. The predicted molar refractivity (Wildman–Crippen MR) is 126 cm³/mol. The maximum Gasteiger partial charge on any atom is 0.150 e. The number of hydrogen-bond acceptors (Lipinski definition) is 7. The first kappa shape index (κ1) is 20.7. The molecule has 3 aromatic heterocycles. The van der Waals surface area contributed by atoms with Crippen molar-refractivity contribution >= 4 is 33.1 Å². The molecule has 0 aromatic carbocycles. The van der Waals surface area contributed by atoms with Crippen LogP contribution in [0.4, 0.5) is 11.5 Å². The van der Waals surface area contributed by atoms with E-state index in [1.807, 2.05) is 10.9 Å². The van der Waals surface area contributed by atoms with E-state index in [-0.39, 0.29) is 6.23 Å². The normalized spacial score (nSPS) is 20.2. The number of aromatic nitrogens is 3. The Morgan fingerprint density at radius 3 is 2.84 bits per heavy atom. The van der Waals surface area contributed by atoms with Gasteiger partial charge in [-0.1, -0.05) is 0 Å². The van der Waals surface area contributed by atoms with Crippen molar-refractivity contribution < 1.29 is 9.47 Å². The first-order valence-corrected chi connectivity index (χ1v) is 12.3. The fourth-order valence-electron chi connectivity index (χ4n) is 4.41. The molecule has 2 saturated heterocycles. The van der Waals surface area contributed by atoms with Crippen molar-refractivity contribution in [1.82, 2.24) is 14.8 Å². The summed E-state index contributed by atoms with van der Waals surface area (Å²) >= 11 is 1.78. The quantitative estimate of drug-likeness (QED) is 0.530. The summed E-state index contributed by atoms with van der Waals surface area (Å²) in [5, 5.41) is 11.7. The molecule has 0 bridgehead atoms. The van der Waals surface area contributed by atoms with E-state index in [1.54, 1.807) is 11.3 Å². The smallest absolute Gasteiger partial charge is 0.150 e. The zero-order valence-electron chi connectivity index (χ0n) is 18.1. The summed E-state index contributed by atoms with van der Waals surface area (Å²) in [6.07, 6.45) is 7.48. The van der Waals surface area contributed by atoms with E-state index < -0.39 is 0 Å². The summed E-state index contributed by atoms with van der Waals surface area (Å²) in [6.45, 7) is 6.47. The van der Waals surface area contributed by atoms with E-state index in [0.717, 1.165) is 81.3 Å². The number of nitrogens with one attached hydrogen (secondary N) is 2. The molecule has 0 saturated carbocycles. The van der Waals surface area contributed by atoms with Gasteiger partial charge in [0.15, 0.2) is 6.23 Å². The third kappa shape index (κ3) is 4.56. The zero-order chi connectivity index (χ0) is 21.0. The largest absolute Gasteiger partial charge is 0.383 e. The van der Waals surface area contributed by atoms with Crippen molar-refractivity contribution in [2.45, 2.75) is 45.3 Å². The summed E-state index contributed by atoms with van der Waals surface area (Å²) in [4.78, 5) is 6.05. The lowest BCUT2D eigenvalue weighted by atomic mass is 10.0. The van der Waals surface area contributed by atoms with Gasteiger partial charge in [-0.2, -0.15) is 5.10 Å². The van der Waals surface area contributed by atoms with Gasteiger partial charge in [-0.25, -0.2) is 9.67 Å². The molecule has 0 spiro atoms. The minimum absolute atomic E-state index is 0.0281. The number of nitrogens with zero attached hydrogens (tertiary/aromatic N) is 3. The Bertz CT molecular complexity index is 1000. The van der Waals surface area contributed by atoms with Gasteiger partial charge in [0.05, 0.1) is 26.5 Å². The van der Waals surface area contributed by atoms with E-state index in [0.29, 0.717) is 5.92 Å². The maximum atomic E-state index is 6.00. The Morgan fingerprint density at radius 1 is 1.13 bits per heavy atom. The molecular formula is C23H31N5O2S. The van der Waals surface area contributed by atoms with Crippen LogP contribution in [0, 0.1) is 5.92 Å². The highest BCUT2D eigenvalue weighted by atomic mass is 32.1. The fraction of sp³-hybridized carbons (Fsp3) is 0.565. The molecular weight excluding hydrogens is 410 g/mol. The Kier molecular flexibility index (Phi) is 6.38. The Labute approximate surface area is 187 Å². The molecule has 31 heavy (non-hydrogen) atoms. The first-order valence-electron chi connectivity index (χ1n) is 11.5. The van der Waals surface area contributed by atoms with E-state index in [1.165, 1.54) is 16.0 Å². The lowest BCUT2D eigenvalue weighted by Gasteiger charge is -2.24. The van der Waals surface area contributed by atoms with Gasteiger partial charge in [0.1, 0.15) is 5.82 Å². The van der Waals surface area contributed by atoms with E-state index in [2.05, 4.69) is 40.9 Å². The molecule has 0 aliphatic carbocycles. The van der Waals surface area contributed by atoms with E-state index >= 15 is 0 Å². The van der Waals surface area contributed by atoms with Crippen LogP contribution in [0.25, 0.3) is 20.8 Å². The monoisotopic (exact) mass is 441 g/mol. The van der Waals surface area contributed by atoms with Crippen molar-refractivity contribution in [2.24, 2.45) is 5.92 Å². The molecule has 3 aromatic rings. The minimum Gasteiger partial charge on any atom is -0.383 e. The van der Waals surface area contributed by atoms with Crippen LogP contribution >= 0.6 is 11.3 Å². The SMILES string of the molecule is CCNc1cc(NCC2CCOCC2)c2sc(-c3ccnn3C3CCCCO3)cc2n1. The summed E-state index contributed by atoms with van der Waals surface area (Å²) in [7, 11) is 0. The van der Waals surface area contributed by atoms with Gasteiger partial charge in [-0.3, -0.25) is 0 Å². The average molecular weight is 442 g/mol. The van der Waals surface area contributed by atoms with Crippen molar-refractivity contribution in [2.75, 3.05) is 43.5 Å². The number of hydrogen-bond donors (Lipinski definition) is 2. The third-order valence-electron chi connectivity index (χ3n) is 6.11. The van der Waals surface area contributed by atoms with E-state index in [9.17, 15) is 0 Å². The molecule has 5 rings (SSSR count). The molecule has 166 valence electrons. The number of ether oxygens (including phenoxy) is 2. The topological polar surface area (TPSA) is 73.2 Å². The summed E-state index contributed by atoms with van der Waals surface area (Å²) in [5.74, 6) is 1.57. The van der Waals surface area contributed by atoms with Crippen molar-refractivity contribution in [3.05, 3.63) is 24.4 Å². The van der Waals surface area contributed by atoms with Crippen LogP contribution in [0.15, 0.2) is 24.4 Å². The summed E-state index contributed by atoms with van der Waals surface area (Å²) in [5.41, 5.74) is 3.28. The standard InChI is InChI=1S/C23H31N5O2S/c1-2-24-21-14-17(25-15-16-7-11-29-12-8-16)23-18(27-21)13-20(31-23)19-6-9-26-28(19)22-5-3-4-10-30-22/h6,9,13-14,16,22H,2-5,7-8,10-12,15H2,1H3,(H2,24,25,27). The highest BCUT2D eigenvalue weighted by Gasteiger charge is 2.22. The molecule has 2 aliphatic rings. The minimum atomic E-state index is 0.0281. The number of pyridine rings is 1. The Balaban J connectivity index is 1.46. The third-order valence-corrected chi connectivity index (χ3v) is 7.29. The number of fused-ring (bicyclic) bond motifs is 1. The van der Waals surface area contributed by atoms with Crippen LogP contribution in [0.2, 0.25) is 0 Å². The van der Waals surface area contributed by atoms with Crippen molar-refractivity contribution in [1.29, 1.82) is 0 Å². The van der Waals surface area contributed by atoms with Gasteiger partial charge < -0.3 is 20.1 Å². The van der Waals surface area contributed by atoms with Gasteiger partial charge in [-0.05, 0) is 57.1 Å². The second-order valence-corrected chi connectivity index (χ2v) is 9.38. The zero-order valence-corrected chi connectivity index (χ0v) is 18.9. The highest BCUT2D eigenvalue weighted by Crippen LogP contribution is 2.39. The molecule has 1 atom stereocenters. The highest BCUT2D eigenvalue weighted by molar-refractivity contribution is 7.22. The van der Waals surface area contributed by atoms with Gasteiger partial charge in [0, 0.05) is 45.2 Å². The van der Waals surface area contributed by atoms with Gasteiger partial charge in [0.25, 0.3) is 0 Å². The lowest BCUT2D eigenvalue weighted by molar-refractivity contribution is -0.0383. The molecule has 8 heteroatoms. The molecule has 2 fully saturated rings. The Morgan fingerprint density at radius 2 is 2.03 bits per heavy atom. The predicted octanol–water partition coefficient (Wildman–Crippen LogP) is 5.13. The van der Waals surface area contributed by atoms with E-state index in [4.69, 9.17) is 14.5 Å². The fourth-order valence-corrected chi connectivity index (χ4v) is 5.52. The van der Waals surface area contributed by atoms with Crippen LogP contribution in [0.5, 0.6) is 0 Å². The molecule has 1 unspecified atom stereocenters. The maximum absolute atomic E-state index is 6.00.